The molecule has 1 aliphatic heterocycles. The Morgan fingerprint density at radius 2 is 2.33 bits per heavy atom. The van der Waals surface area contributed by atoms with Crippen molar-refractivity contribution in [2.24, 2.45) is 0 Å². The maximum absolute atomic E-state index is 10.4. The normalized spacial score (nSPS) is 36.3. The smallest absolute Gasteiger partial charge is 0.155 e. The Labute approximate surface area is 69.9 Å². The SMILES string of the molecule is COC1CCC(O)OC1C(=O)[O-]. The van der Waals surface area contributed by atoms with E-state index in [9.17, 15) is 9.90 Å². The van der Waals surface area contributed by atoms with Crippen molar-refractivity contribution in [2.75, 3.05) is 7.11 Å². The monoisotopic (exact) mass is 175 g/mol. The summed E-state index contributed by atoms with van der Waals surface area (Å²) in [5.74, 6) is -1.35. The second-order valence-corrected chi connectivity index (χ2v) is 2.68. The van der Waals surface area contributed by atoms with Gasteiger partial charge in [0.05, 0.1) is 12.1 Å². The summed E-state index contributed by atoms with van der Waals surface area (Å²) >= 11 is 0. The van der Waals surface area contributed by atoms with Crippen molar-refractivity contribution in [3.05, 3.63) is 0 Å². The molecule has 1 saturated heterocycles. The van der Waals surface area contributed by atoms with E-state index in [4.69, 9.17) is 14.6 Å². The number of carboxylic acids is 1. The number of hydrogen-bond acceptors (Lipinski definition) is 5. The average molecular weight is 175 g/mol. The van der Waals surface area contributed by atoms with E-state index in [1.165, 1.54) is 7.11 Å². The van der Waals surface area contributed by atoms with Crippen molar-refractivity contribution >= 4 is 5.97 Å². The van der Waals surface area contributed by atoms with Crippen molar-refractivity contribution in [2.45, 2.75) is 31.3 Å². The Balaban J connectivity index is 2.58. The minimum Gasteiger partial charge on any atom is -0.547 e. The van der Waals surface area contributed by atoms with Gasteiger partial charge in [0, 0.05) is 13.5 Å². The second kappa shape index (κ2) is 3.84. The molecule has 0 aliphatic carbocycles. The summed E-state index contributed by atoms with van der Waals surface area (Å²) in [7, 11) is 1.40. The molecule has 0 aromatic rings. The average Bonchev–Trinajstić information content (AvgIpc) is 2.04. The highest BCUT2D eigenvalue weighted by Crippen LogP contribution is 2.19. The number of carbonyl (C=O) groups excluding carboxylic acids is 1. The van der Waals surface area contributed by atoms with Gasteiger partial charge in [0.15, 0.2) is 6.29 Å². The van der Waals surface area contributed by atoms with Crippen molar-refractivity contribution in [3.63, 3.8) is 0 Å². The van der Waals surface area contributed by atoms with E-state index in [2.05, 4.69) is 0 Å². The van der Waals surface area contributed by atoms with Crippen molar-refractivity contribution in [1.29, 1.82) is 0 Å². The van der Waals surface area contributed by atoms with E-state index in [0.29, 0.717) is 12.8 Å². The highest BCUT2D eigenvalue weighted by Gasteiger charge is 2.31. The lowest BCUT2D eigenvalue weighted by Crippen LogP contribution is -2.50. The Morgan fingerprint density at radius 1 is 1.67 bits per heavy atom. The molecule has 0 saturated carbocycles. The summed E-state index contributed by atoms with van der Waals surface area (Å²) in [5.41, 5.74) is 0. The van der Waals surface area contributed by atoms with Gasteiger partial charge in [-0.1, -0.05) is 0 Å². The molecule has 1 heterocycles. The highest BCUT2D eigenvalue weighted by molar-refractivity contribution is 5.71. The third kappa shape index (κ3) is 1.94. The van der Waals surface area contributed by atoms with E-state index in [-0.39, 0.29) is 0 Å². The van der Waals surface area contributed by atoms with Crippen LogP contribution < -0.4 is 5.11 Å². The number of rotatable bonds is 2. The molecule has 0 aromatic heterocycles. The second-order valence-electron chi connectivity index (χ2n) is 2.68. The minimum atomic E-state index is -1.35. The molecule has 1 aliphatic rings. The van der Waals surface area contributed by atoms with Crippen molar-refractivity contribution < 1.29 is 24.5 Å². The molecule has 0 radical (unpaired) electrons. The molecule has 0 amide bonds. The summed E-state index contributed by atoms with van der Waals surface area (Å²) in [5, 5.41) is 19.4. The summed E-state index contributed by atoms with van der Waals surface area (Å²) < 4.78 is 9.58. The number of ether oxygens (including phenoxy) is 2. The van der Waals surface area contributed by atoms with Gasteiger partial charge in [-0.2, -0.15) is 0 Å². The van der Waals surface area contributed by atoms with Crippen LogP contribution in [-0.4, -0.2) is 36.7 Å². The van der Waals surface area contributed by atoms with Crippen molar-refractivity contribution in [3.8, 4) is 0 Å². The van der Waals surface area contributed by atoms with Crippen molar-refractivity contribution in [1.82, 2.24) is 0 Å². The van der Waals surface area contributed by atoms with E-state index in [0.717, 1.165) is 0 Å². The van der Waals surface area contributed by atoms with Crippen LogP contribution in [0.25, 0.3) is 0 Å². The number of carbonyl (C=O) groups is 1. The van der Waals surface area contributed by atoms with Crippen LogP contribution >= 0.6 is 0 Å². The molecule has 0 aromatic carbocycles. The minimum absolute atomic E-state index is 0.391. The molecule has 0 spiro atoms. The van der Waals surface area contributed by atoms with Crippen LogP contribution in [0, 0.1) is 0 Å². The van der Waals surface area contributed by atoms with Crippen LogP contribution in [0.5, 0.6) is 0 Å². The van der Waals surface area contributed by atoms with Crippen LogP contribution in [0.1, 0.15) is 12.8 Å². The molecule has 1 N–H and O–H groups in total. The van der Waals surface area contributed by atoms with Gasteiger partial charge in [-0.3, -0.25) is 0 Å². The third-order valence-electron chi connectivity index (χ3n) is 1.87. The van der Waals surface area contributed by atoms with Gasteiger partial charge >= 0.3 is 0 Å². The number of aliphatic carboxylic acids is 1. The summed E-state index contributed by atoms with van der Waals surface area (Å²) in [6, 6.07) is 0. The van der Waals surface area contributed by atoms with Crippen LogP contribution in [-0.2, 0) is 14.3 Å². The lowest BCUT2D eigenvalue weighted by Gasteiger charge is -2.33. The number of hydrogen-bond donors (Lipinski definition) is 1. The molecule has 1 rings (SSSR count). The van der Waals surface area contributed by atoms with Gasteiger partial charge < -0.3 is 24.5 Å². The predicted octanol–water partition coefficient (Wildman–Crippen LogP) is -1.75. The van der Waals surface area contributed by atoms with E-state index in [1.54, 1.807) is 0 Å². The first-order valence-electron chi connectivity index (χ1n) is 3.72. The zero-order valence-electron chi connectivity index (χ0n) is 6.73. The van der Waals surface area contributed by atoms with Gasteiger partial charge in [0.2, 0.25) is 0 Å². The maximum Gasteiger partial charge on any atom is 0.155 e. The quantitative estimate of drug-likeness (QED) is 0.538. The number of aliphatic hydroxyl groups is 1. The fraction of sp³-hybridized carbons (Fsp3) is 0.857. The molecular formula is C7H11O5-. The standard InChI is InChI=1S/C7H12O5/c1-11-4-2-3-5(8)12-6(4)7(9)10/h4-6,8H,2-3H2,1H3,(H,9,10)/p-1. The largest absolute Gasteiger partial charge is 0.547 e. The predicted molar refractivity (Wildman–Crippen MR) is 35.9 cm³/mol. The van der Waals surface area contributed by atoms with Crippen LogP contribution in [0.15, 0.2) is 0 Å². The number of aliphatic hydroxyl groups excluding tert-OH is 1. The number of carboxylic acid groups (broad SMARTS) is 1. The molecule has 3 unspecified atom stereocenters. The van der Waals surface area contributed by atoms with Gasteiger partial charge in [-0.05, 0) is 6.42 Å². The first-order valence-corrected chi connectivity index (χ1v) is 3.72. The molecule has 1 fully saturated rings. The van der Waals surface area contributed by atoms with Gasteiger partial charge in [-0.15, -0.1) is 0 Å². The van der Waals surface area contributed by atoms with Crippen LogP contribution in [0.3, 0.4) is 0 Å². The maximum atomic E-state index is 10.4. The summed E-state index contributed by atoms with van der Waals surface area (Å²) in [4.78, 5) is 10.4. The zero-order valence-corrected chi connectivity index (χ0v) is 6.73. The molecule has 5 heteroatoms. The Bertz CT molecular complexity index is 169. The third-order valence-corrected chi connectivity index (χ3v) is 1.87. The first kappa shape index (κ1) is 9.44. The molecule has 70 valence electrons. The molecule has 0 bridgehead atoms. The lowest BCUT2D eigenvalue weighted by molar-refractivity contribution is -0.332. The van der Waals surface area contributed by atoms with E-state index in [1.807, 2.05) is 0 Å². The topological polar surface area (TPSA) is 78.8 Å². The molecule has 3 atom stereocenters. The van der Waals surface area contributed by atoms with E-state index < -0.39 is 24.5 Å². The zero-order chi connectivity index (χ0) is 9.14. The summed E-state index contributed by atoms with van der Waals surface area (Å²) in [6.45, 7) is 0. The lowest BCUT2D eigenvalue weighted by atomic mass is 10.1. The summed E-state index contributed by atoms with van der Waals surface area (Å²) in [6.07, 6.45) is -1.82. The Morgan fingerprint density at radius 3 is 2.83 bits per heavy atom. The Kier molecular flexibility index (Phi) is 3.02. The van der Waals surface area contributed by atoms with Gasteiger partial charge in [0.25, 0.3) is 0 Å². The van der Waals surface area contributed by atoms with Gasteiger partial charge in [0.1, 0.15) is 6.10 Å². The van der Waals surface area contributed by atoms with Gasteiger partial charge in [-0.25, -0.2) is 0 Å². The fourth-order valence-corrected chi connectivity index (χ4v) is 1.23. The van der Waals surface area contributed by atoms with Crippen LogP contribution in [0.2, 0.25) is 0 Å². The first-order chi connectivity index (χ1) is 5.65. The Hall–Kier alpha value is -0.650. The highest BCUT2D eigenvalue weighted by atomic mass is 16.6. The molecule has 12 heavy (non-hydrogen) atoms. The molecular weight excluding hydrogens is 164 g/mol. The molecule has 5 nitrogen and oxygen atoms in total. The van der Waals surface area contributed by atoms with E-state index >= 15 is 0 Å². The number of methoxy groups -OCH3 is 1. The fourth-order valence-electron chi connectivity index (χ4n) is 1.23. The van der Waals surface area contributed by atoms with Crippen LogP contribution in [0.4, 0.5) is 0 Å².